The molecule has 1 atom stereocenters. The van der Waals surface area contributed by atoms with Crippen molar-refractivity contribution in [3.8, 4) is 0 Å². The maximum Gasteiger partial charge on any atom is 0.325 e. The Morgan fingerprint density at radius 3 is 2.55 bits per heavy atom. The molecule has 2 N–H and O–H groups in total. The zero-order valence-electron chi connectivity index (χ0n) is 16.6. The Morgan fingerprint density at radius 1 is 1.19 bits per heavy atom. The number of carbonyl (C=O) groups is 3. The van der Waals surface area contributed by atoms with E-state index in [1.165, 1.54) is 19.1 Å². The van der Waals surface area contributed by atoms with E-state index in [0.29, 0.717) is 11.3 Å². The van der Waals surface area contributed by atoms with E-state index in [4.69, 9.17) is 0 Å². The molecule has 0 unspecified atom stereocenters. The van der Waals surface area contributed by atoms with Gasteiger partial charge in [0.05, 0.1) is 17.7 Å². The van der Waals surface area contributed by atoms with Crippen molar-refractivity contribution in [2.45, 2.75) is 18.9 Å². The summed E-state index contributed by atoms with van der Waals surface area (Å²) >= 11 is 1.13. The van der Waals surface area contributed by atoms with Gasteiger partial charge in [-0.1, -0.05) is 6.07 Å². The van der Waals surface area contributed by atoms with Gasteiger partial charge in [0.25, 0.3) is 5.91 Å². The third-order valence-corrected chi connectivity index (χ3v) is 6.66. The van der Waals surface area contributed by atoms with Crippen molar-refractivity contribution in [2.24, 2.45) is 0 Å². The minimum absolute atomic E-state index is 0.0523. The molecular weight excluding hydrogens is 452 g/mol. The van der Waals surface area contributed by atoms with Crippen LogP contribution in [0.1, 0.15) is 27.0 Å². The summed E-state index contributed by atoms with van der Waals surface area (Å²) in [5.41, 5.74) is -1.58. The van der Waals surface area contributed by atoms with E-state index < -0.39 is 51.5 Å². The number of Topliss-reactive ketones (excluding diaryl/α,β-unsaturated/α-hetero) is 1. The van der Waals surface area contributed by atoms with Gasteiger partial charge in [0.2, 0.25) is 10.0 Å². The number of sulfonamides is 1. The molecule has 8 nitrogen and oxygen atoms in total. The first-order chi connectivity index (χ1) is 14.4. The number of thiophene rings is 1. The van der Waals surface area contributed by atoms with Crippen LogP contribution in [-0.2, 0) is 26.8 Å². The summed E-state index contributed by atoms with van der Waals surface area (Å²) in [6.45, 7) is 1.00. The molecule has 0 radical (unpaired) electrons. The molecule has 3 rings (SSSR count). The van der Waals surface area contributed by atoms with Gasteiger partial charge < -0.3 is 5.32 Å². The smallest absolute Gasteiger partial charge is 0.319 e. The number of ketones is 1. The Kier molecular flexibility index (Phi) is 6.25. The largest absolute Gasteiger partial charge is 0.325 e. The lowest BCUT2D eigenvalue weighted by atomic mass is 9.92. The second kappa shape index (κ2) is 8.44. The van der Waals surface area contributed by atoms with Gasteiger partial charge in [-0.05, 0) is 43.2 Å². The molecule has 31 heavy (non-hydrogen) atoms. The normalized spacial score (nSPS) is 19.0. The van der Waals surface area contributed by atoms with E-state index >= 15 is 0 Å². The maximum atomic E-state index is 13.6. The highest BCUT2D eigenvalue weighted by Crippen LogP contribution is 2.30. The summed E-state index contributed by atoms with van der Waals surface area (Å²) in [5.74, 6) is -3.49. The SMILES string of the molecule is C[C@@]1(c2ccc(F)c(F)c2)NC(=O)N(CC(=O)c2ccc(CCNS(C)(=O)=O)s2)C1=O. The molecule has 0 bridgehead atoms. The first-order valence-corrected chi connectivity index (χ1v) is 11.8. The Morgan fingerprint density at radius 2 is 1.90 bits per heavy atom. The fourth-order valence-corrected chi connectivity index (χ4v) is 4.50. The number of amides is 3. The molecule has 1 aromatic carbocycles. The van der Waals surface area contributed by atoms with Crippen molar-refractivity contribution in [1.29, 1.82) is 0 Å². The van der Waals surface area contributed by atoms with Crippen LogP contribution in [0.4, 0.5) is 13.6 Å². The molecule has 0 spiro atoms. The second-order valence-electron chi connectivity index (χ2n) is 7.18. The van der Waals surface area contributed by atoms with Gasteiger partial charge in [0, 0.05) is 11.4 Å². The third kappa shape index (κ3) is 4.97. The van der Waals surface area contributed by atoms with Gasteiger partial charge in [0.1, 0.15) is 5.54 Å². The van der Waals surface area contributed by atoms with Gasteiger partial charge in [-0.2, -0.15) is 0 Å². The van der Waals surface area contributed by atoms with E-state index in [2.05, 4.69) is 10.0 Å². The van der Waals surface area contributed by atoms with Crippen molar-refractivity contribution in [3.63, 3.8) is 0 Å². The third-order valence-electron chi connectivity index (χ3n) is 4.75. The molecule has 1 fully saturated rings. The number of benzene rings is 1. The van der Waals surface area contributed by atoms with Crippen molar-refractivity contribution in [2.75, 3.05) is 19.3 Å². The molecule has 1 saturated heterocycles. The highest BCUT2D eigenvalue weighted by atomic mass is 32.2. The monoisotopic (exact) mass is 471 g/mol. The fourth-order valence-electron chi connectivity index (χ4n) is 3.09. The van der Waals surface area contributed by atoms with E-state index in [1.54, 1.807) is 6.07 Å². The van der Waals surface area contributed by atoms with Crippen molar-refractivity contribution >= 4 is 39.1 Å². The molecule has 2 aromatic rings. The molecule has 1 aliphatic rings. The predicted octanol–water partition coefficient (Wildman–Crippen LogP) is 1.77. The van der Waals surface area contributed by atoms with Crippen LogP contribution in [0.15, 0.2) is 30.3 Å². The number of halogens is 2. The highest BCUT2D eigenvalue weighted by molar-refractivity contribution is 7.88. The van der Waals surface area contributed by atoms with Crippen molar-refractivity contribution in [3.05, 3.63) is 57.3 Å². The number of carbonyl (C=O) groups excluding carboxylic acids is 3. The van der Waals surface area contributed by atoms with Crippen LogP contribution in [0.3, 0.4) is 0 Å². The van der Waals surface area contributed by atoms with Gasteiger partial charge in [-0.25, -0.2) is 26.7 Å². The average molecular weight is 472 g/mol. The van der Waals surface area contributed by atoms with Crippen LogP contribution < -0.4 is 10.0 Å². The summed E-state index contributed by atoms with van der Waals surface area (Å²) in [6, 6.07) is 5.26. The van der Waals surface area contributed by atoms with Crippen LogP contribution in [-0.4, -0.2) is 50.4 Å². The Bertz CT molecular complexity index is 1170. The zero-order valence-corrected chi connectivity index (χ0v) is 18.2. The number of imide groups is 1. The number of hydrogen-bond donors (Lipinski definition) is 2. The summed E-state index contributed by atoms with van der Waals surface area (Å²) in [4.78, 5) is 39.6. The molecule has 3 amide bonds. The second-order valence-corrected chi connectivity index (χ2v) is 10.2. The van der Waals surface area contributed by atoms with Crippen LogP contribution in [0.25, 0.3) is 0 Å². The van der Waals surface area contributed by atoms with Crippen LogP contribution in [0.5, 0.6) is 0 Å². The first kappa shape index (κ1) is 23.0. The number of hydrogen-bond acceptors (Lipinski definition) is 6. The molecule has 1 aliphatic heterocycles. The fraction of sp³-hybridized carbons (Fsp3) is 0.316. The number of rotatable bonds is 8. The van der Waals surface area contributed by atoms with Crippen molar-refractivity contribution in [1.82, 2.24) is 14.9 Å². The Hall–Kier alpha value is -2.70. The zero-order chi connectivity index (χ0) is 23.0. The van der Waals surface area contributed by atoms with Crippen LogP contribution in [0.2, 0.25) is 0 Å². The molecule has 12 heteroatoms. The predicted molar refractivity (Wildman–Crippen MR) is 109 cm³/mol. The van der Waals surface area contributed by atoms with Gasteiger partial charge in [-0.3, -0.25) is 14.5 Å². The standard InChI is InChI=1S/C19H19F2N3O5S2/c1-19(11-3-5-13(20)14(21)9-11)17(26)24(18(27)23-19)10-15(25)16-6-4-12(30-16)7-8-22-31(2,28)29/h3-6,9,22H,7-8,10H2,1-2H3,(H,23,27)/t19-/m0/s1. The first-order valence-electron chi connectivity index (χ1n) is 9.07. The lowest BCUT2D eigenvalue weighted by Crippen LogP contribution is -2.41. The van der Waals surface area contributed by atoms with E-state index in [1.807, 2.05) is 0 Å². The Labute approximate surface area is 181 Å². The lowest BCUT2D eigenvalue weighted by Gasteiger charge is -2.22. The van der Waals surface area contributed by atoms with E-state index in [0.717, 1.165) is 39.5 Å². The van der Waals surface area contributed by atoms with Crippen LogP contribution in [0, 0.1) is 11.6 Å². The molecule has 166 valence electrons. The average Bonchev–Trinajstić information content (AvgIpc) is 3.22. The van der Waals surface area contributed by atoms with Crippen molar-refractivity contribution < 1.29 is 31.6 Å². The minimum Gasteiger partial charge on any atom is -0.319 e. The van der Waals surface area contributed by atoms with Gasteiger partial charge in [-0.15, -0.1) is 11.3 Å². The van der Waals surface area contributed by atoms with E-state index in [-0.39, 0.29) is 12.1 Å². The van der Waals surface area contributed by atoms with Gasteiger partial charge >= 0.3 is 6.03 Å². The number of urea groups is 1. The molecule has 0 saturated carbocycles. The minimum atomic E-state index is -3.32. The van der Waals surface area contributed by atoms with Gasteiger partial charge in [0.15, 0.2) is 17.4 Å². The highest BCUT2D eigenvalue weighted by Gasteiger charge is 2.49. The van der Waals surface area contributed by atoms with Crippen LogP contribution >= 0.6 is 11.3 Å². The van der Waals surface area contributed by atoms with E-state index in [9.17, 15) is 31.6 Å². The summed E-state index contributed by atoms with van der Waals surface area (Å²) in [6.07, 6.45) is 1.42. The Balaban J connectivity index is 1.70. The summed E-state index contributed by atoms with van der Waals surface area (Å²) in [7, 11) is -3.32. The molecule has 0 aliphatic carbocycles. The number of nitrogens with one attached hydrogen (secondary N) is 2. The molecule has 1 aromatic heterocycles. The molecule has 2 heterocycles. The molecular formula is C19H19F2N3O5S2. The summed E-state index contributed by atoms with van der Waals surface area (Å²) < 4.78 is 51.4. The summed E-state index contributed by atoms with van der Waals surface area (Å²) in [5, 5.41) is 2.43. The maximum absolute atomic E-state index is 13.6. The number of nitrogens with zero attached hydrogens (tertiary/aromatic N) is 1. The lowest BCUT2D eigenvalue weighted by molar-refractivity contribution is -0.130. The topological polar surface area (TPSA) is 113 Å². The quantitative estimate of drug-likeness (QED) is 0.450.